The van der Waals surface area contributed by atoms with E-state index in [2.05, 4.69) is 0 Å². The molecule has 0 amide bonds. The van der Waals surface area contributed by atoms with Crippen LogP contribution in [0.3, 0.4) is 0 Å². The molecule has 1 aliphatic rings. The molecule has 0 aliphatic carbocycles. The Hall–Kier alpha value is -1.22. The van der Waals surface area contributed by atoms with Gasteiger partial charge in [0, 0.05) is 21.0 Å². The van der Waals surface area contributed by atoms with Gasteiger partial charge in [0.1, 0.15) is 24.9 Å². The second-order valence-electron chi connectivity index (χ2n) is 4.14. The standard InChI is InChI=1S/C11H18O8/c1-5(12)17-4-7-8(14)9(15)10(18-6(2)13)11(16-3)19-7/h7-11,14-15H,4H2,1-3H3/t7?,8-,9?,10?,11+/m0/s1. The average molecular weight is 278 g/mol. The lowest BCUT2D eigenvalue weighted by molar-refractivity contribution is -0.298. The summed E-state index contributed by atoms with van der Waals surface area (Å²) in [6.45, 7) is 2.14. The highest BCUT2D eigenvalue weighted by atomic mass is 16.7. The molecule has 1 saturated heterocycles. The Bertz CT molecular complexity index is 327. The number of hydrogen-bond donors (Lipinski definition) is 2. The Labute approximate surface area is 110 Å². The lowest BCUT2D eigenvalue weighted by Crippen LogP contribution is -2.60. The van der Waals surface area contributed by atoms with Gasteiger partial charge in [-0.2, -0.15) is 0 Å². The summed E-state index contributed by atoms with van der Waals surface area (Å²) in [4.78, 5) is 21.6. The number of ether oxygens (including phenoxy) is 4. The van der Waals surface area contributed by atoms with Crippen LogP contribution in [-0.4, -0.2) is 66.6 Å². The molecule has 5 atom stereocenters. The first-order valence-corrected chi connectivity index (χ1v) is 5.71. The van der Waals surface area contributed by atoms with Crippen LogP contribution in [0.1, 0.15) is 13.8 Å². The van der Waals surface area contributed by atoms with Crippen molar-refractivity contribution < 1.29 is 38.7 Å². The number of carbonyl (C=O) groups excluding carboxylic acids is 2. The number of methoxy groups -OCH3 is 1. The van der Waals surface area contributed by atoms with Gasteiger partial charge in [-0.3, -0.25) is 9.59 Å². The summed E-state index contributed by atoms with van der Waals surface area (Å²) in [5.41, 5.74) is 0. The smallest absolute Gasteiger partial charge is 0.303 e. The van der Waals surface area contributed by atoms with Crippen molar-refractivity contribution in [2.45, 2.75) is 44.6 Å². The Morgan fingerprint density at radius 3 is 2.26 bits per heavy atom. The van der Waals surface area contributed by atoms with E-state index in [0.717, 1.165) is 6.92 Å². The fraction of sp³-hybridized carbons (Fsp3) is 0.818. The Morgan fingerprint density at radius 1 is 1.16 bits per heavy atom. The maximum atomic E-state index is 10.9. The molecule has 0 radical (unpaired) electrons. The molecule has 1 heterocycles. The van der Waals surface area contributed by atoms with Crippen LogP contribution in [0.15, 0.2) is 0 Å². The highest BCUT2D eigenvalue weighted by Crippen LogP contribution is 2.24. The zero-order chi connectivity index (χ0) is 14.6. The average Bonchev–Trinajstić information content (AvgIpc) is 2.33. The minimum absolute atomic E-state index is 0.236. The summed E-state index contributed by atoms with van der Waals surface area (Å²) in [7, 11) is 1.30. The summed E-state index contributed by atoms with van der Waals surface area (Å²) in [5, 5.41) is 19.7. The minimum Gasteiger partial charge on any atom is -0.463 e. The fourth-order valence-electron chi connectivity index (χ4n) is 1.75. The van der Waals surface area contributed by atoms with Crippen LogP contribution in [0, 0.1) is 0 Å². The maximum Gasteiger partial charge on any atom is 0.303 e. The van der Waals surface area contributed by atoms with Crippen molar-refractivity contribution in [2.24, 2.45) is 0 Å². The molecule has 3 unspecified atom stereocenters. The SMILES string of the molecule is CO[C@@H]1OC(COC(C)=O)[C@H](O)C(O)C1OC(C)=O. The third-order valence-corrected chi connectivity index (χ3v) is 2.63. The Balaban J connectivity index is 2.72. The number of hydrogen-bond acceptors (Lipinski definition) is 8. The van der Waals surface area contributed by atoms with E-state index in [-0.39, 0.29) is 6.61 Å². The van der Waals surface area contributed by atoms with Crippen LogP contribution in [0.4, 0.5) is 0 Å². The van der Waals surface area contributed by atoms with E-state index >= 15 is 0 Å². The van der Waals surface area contributed by atoms with Crippen LogP contribution >= 0.6 is 0 Å². The minimum atomic E-state index is -1.40. The van der Waals surface area contributed by atoms with Gasteiger partial charge in [0.25, 0.3) is 0 Å². The summed E-state index contributed by atoms with van der Waals surface area (Å²) in [6.07, 6.45) is -5.93. The molecule has 1 fully saturated rings. The number of aliphatic hydroxyl groups is 2. The molecular weight excluding hydrogens is 260 g/mol. The van der Waals surface area contributed by atoms with Crippen LogP contribution in [0.5, 0.6) is 0 Å². The summed E-state index contributed by atoms with van der Waals surface area (Å²) in [6, 6.07) is 0. The van der Waals surface area contributed by atoms with Gasteiger partial charge in [0.15, 0.2) is 12.4 Å². The van der Waals surface area contributed by atoms with Crippen LogP contribution in [-0.2, 0) is 28.5 Å². The zero-order valence-corrected chi connectivity index (χ0v) is 10.9. The molecule has 8 heteroatoms. The molecule has 1 aliphatic heterocycles. The number of aliphatic hydroxyl groups excluding tert-OH is 2. The molecule has 8 nitrogen and oxygen atoms in total. The topological polar surface area (TPSA) is 112 Å². The monoisotopic (exact) mass is 278 g/mol. The molecule has 0 bridgehead atoms. The summed E-state index contributed by atoms with van der Waals surface area (Å²) < 4.78 is 19.8. The number of carbonyl (C=O) groups is 2. The van der Waals surface area contributed by atoms with Crippen molar-refractivity contribution in [3.8, 4) is 0 Å². The zero-order valence-electron chi connectivity index (χ0n) is 10.9. The summed E-state index contributed by atoms with van der Waals surface area (Å²) in [5.74, 6) is -1.18. The van der Waals surface area contributed by atoms with Gasteiger partial charge in [0.05, 0.1) is 0 Å². The predicted molar refractivity (Wildman–Crippen MR) is 59.9 cm³/mol. The van der Waals surface area contributed by atoms with E-state index < -0.39 is 42.6 Å². The molecule has 0 saturated carbocycles. The molecule has 0 aromatic rings. The predicted octanol–water partition coefficient (Wildman–Crippen LogP) is -1.43. The van der Waals surface area contributed by atoms with E-state index in [1.165, 1.54) is 14.0 Å². The largest absolute Gasteiger partial charge is 0.463 e. The van der Waals surface area contributed by atoms with E-state index in [1.54, 1.807) is 0 Å². The Morgan fingerprint density at radius 2 is 1.79 bits per heavy atom. The first-order chi connectivity index (χ1) is 8.86. The van der Waals surface area contributed by atoms with E-state index in [0.29, 0.717) is 0 Å². The lowest BCUT2D eigenvalue weighted by atomic mass is 9.99. The third kappa shape index (κ3) is 4.13. The molecule has 2 N–H and O–H groups in total. The van der Waals surface area contributed by atoms with E-state index in [1.807, 2.05) is 0 Å². The number of rotatable bonds is 4. The van der Waals surface area contributed by atoms with Gasteiger partial charge in [-0.05, 0) is 0 Å². The molecule has 19 heavy (non-hydrogen) atoms. The molecule has 0 aromatic heterocycles. The normalized spacial score (nSPS) is 34.7. The first kappa shape index (κ1) is 15.8. The van der Waals surface area contributed by atoms with E-state index in [9.17, 15) is 19.8 Å². The first-order valence-electron chi connectivity index (χ1n) is 5.71. The van der Waals surface area contributed by atoms with Gasteiger partial charge in [-0.1, -0.05) is 0 Å². The van der Waals surface area contributed by atoms with Crippen molar-refractivity contribution in [3.05, 3.63) is 0 Å². The van der Waals surface area contributed by atoms with Crippen molar-refractivity contribution in [3.63, 3.8) is 0 Å². The lowest BCUT2D eigenvalue weighted by Gasteiger charge is -2.40. The van der Waals surface area contributed by atoms with Gasteiger partial charge in [-0.15, -0.1) is 0 Å². The van der Waals surface area contributed by atoms with Crippen LogP contribution in [0.25, 0.3) is 0 Å². The van der Waals surface area contributed by atoms with Gasteiger partial charge in [0.2, 0.25) is 0 Å². The van der Waals surface area contributed by atoms with Crippen LogP contribution < -0.4 is 0 Å². The van der Waals surface area contributed by atoms with Gasteiger partial charge >= 0.3 is 11.9 Å². The summed E-state index contributed by atoms with van der Waals surface area (Å²) >= 11 is 0. The van der Waals surface area contributed by atoms with Gasteiger partial charge in [-0.25, -0.2) is 0 Å². The fourth-order valence-corrected chi connectivity index (χ4v) is 1.75. The second-order valence-corrected chi connectivity index (χ2v) is 4.14. The van der Waals surface area contributed by atoms with E-state index in [4.69, 9.17) is 18.9 Å². The maximum absolute atomic E-state index is 10.9. The second kappa shape index (κ2) is 6.80. The van der Waals surface area contributed by atoms with Crippen molar-refractivity contribution >= 4 is 11.9 Å². The van der Waals surface area contributed by atoms with Crippen molar-refractivity contribution in [1.82, 2.24) is 0 Å². The van der Waals surface area contributed by atoms with Crippen molar-refractivity contribution in [2.75, 3.05) is 13.7 Å². The molecular formula is C11H18O8. The van der Waals surface area contributed by atoms with Crippen molar-refractivity contribution in [1.29, 1.82) is 0 Å². The van der Waals surface area contributed by atoms with Gasteiger partial charge < -0.3 is 29.2 Å². The Kier molecular flexibility index (Phi) is 5.67. The molecule has 1 rings (SSSR count). The third-order valence-electron chi connectivity index (χ3n) is 2.63. The highest BCUT2D eigenvalue weighted by Gasteiger charge is 2.47. The highest BCUT2D eigenvalue weighted by molar-refractivity contribution is 5.66. The molecule has 0 aromatic carbocycles. The number of esters is 2. The quantitative estimate of drug-likeness (QED) is 0.602. The van der Waals surface area contributed by atoms with Crippen LogP contribution in [0.2, 0.25) is 0 Å². The molecule has 0 spiro atoms. The molecule has 110 valence electrons.